The zero-order valence-corrected chi connectivity index (χ0v) is 8.95. The lowest BCUT2D eigenvalue weighted by Crippen LogP contribution is -2.33. The summed E-state index contributed by atoms with van der Waals surface area (Å²) >= 11 is 0. The molecule has 4 nitrogen and oxygen atoms in total. The standard InChI is InChI=1S/C10H22N2O2/c1-2-12-4-3-9(7-12)5-11-6-10(14)8-13/h9-11,13-14H,2-8H2,1H3/t9?,10-/m0/s1. The van der Waals surface area contributed by atoms with Crippen molar-refractivity contribution in [1.29, 1.82) is 0 Å². The van der Waals surface area contributed by atoms with E-state index in [1.807, 2.05) is 0 Å². The Bertz CT molecular complexity index is 155. The first-order valence-electron chi connectivity index (χ1n) is 5.48. The van der Waals surface area contributed by atoms with Crippen molar-refractivity contribution in [3.8, 4) is 0 Å². The van der Waals surface area contributed by atoms with E-state index in [1.165, 1.54) is 19.5 Å². The Hall–Kier alpha value is -0.160. The van der Waals surface area contributed by atoms with Crippen molar-refractivity contribution in [2.45, 2.75) is 19.4 Å². The molecule has 2 atom stereocenters. The summed E-state index contributed by atoms with van der Waals surface area (Å²) in [6.07, 6.45) is 0.634. The molecule has 1 fully saturated rings. The zero-order valence-electron chi connectivity index (χ0n) is 8.95. The van der Waals surface area contributed by atoms with E-state index >= 15 is 0 Å². The van der Waals surface area contributed by atoms with Gasteiger partial charge in [0.2, 0.25) is 0 Å². The molecular weight excluding hydrogens is 180 g/mol. The van der Waals surface area contributed by atoms with Gasteiger partial charge in [-0.15, -0.1) is 0 Å². The molecule has 0 saturated carbocycles. The molecule has 1 unspecified atom stereocenters. The molecule has 3 N–H and O–H groups in total. The quantitative estimate of drug-likeness (QED) is 0.531. The molecule has 1 heterocycles. The second kappa shape index (κ2) is 6.35. The normalized spacial score (nSPS) is 25.5. The SMILES string of the molecule is CCN1CCC(CNC[C@H](O)CO)C1. The summed E-state index contributed by atoms with van der Waals surface area (Å²) in [6, 6.07) is 0. The van der Waals surface area contributed by atoms with E-state index in [9.17, 15) is 0 Å². The van der Waals surface area contributed by atoms with Crippen LogP contribution in [0.4, 0.5) is 0 Å². The van der Waals surface area contributed by atoms with E-state index in [0.717, 1.165) is 13.1 Å². The molecule has 0 bridgehead atoms. The first kappa shape index (κ1) is 11.9. The third-order valence-electron chi connectivity index (χ3n) is 2.84. The number of rotatable bonds is 6. The Labute approximate surface area is 85.9 Å². The summed E-state index contributed by atoms with van der Waals surface area (Å²) in [5, 5.41) is 20.9. The Morgan fingerprint density at radius 2 is 2.36 bits per heavy atom. The van der Waals surface area contributed by atoms with E-state index < -0.39 is 6.10 Å². The van der Waals surface area contributed by atoms with Crippen molar-refractivity contribution in [2.24, 2.45) is 5.92 Å². The highest BCUT2D eigenvalue weighted by molar-refractivity contribution is 4.76. The van der Waals surface area contributed by atoms with Gasteiger partial charge in [0.1, 0.15) is 0 Å². The number of nitrogens with one attached hydrogen (secondary N) is 1. The highest BCUT2D eigenvalue weighted by Gasteiger charge is 2.20. The van der Waals surface area contributed by atoms with E-state index in [-0.39, 0.29) is 6.61 Å². The van der Waals surface area contributed by atoms with Crippen LogP contribution in [0.3, 0.4) is 0 Å². The molecule has 0 radical (unpaired) electrons. The maximum Gasteiger partial charge on any atom is 0.0894 e. The Kier molecular flexibility index (Phi) is 5.40. The van der Waals surface area contributed by atoms with Crippen LogP contribution < -0.4 is 5.32 Å². The third kappa shape index (κ3) is 3.92. The minimum absolute atomic E-state index is 0.154. The van der Waals surface area contributed by atoms with Crippen LogP contribution >= 0.6 is 0 Å². The highest BCUT2D eigenvalue weighted by Crippen LogP contribution is 2.14. The van der Waals surface area contributed by atoms with Crippen molar-refractivity contribution >= 4 is 0 Å². The van der Waals surface area contributed by atoms with E-state index in [0.29, 0.717) is 12.5 Å². The maximum atomic E-state index is 9.11. The number of aliphatic hydroxyl groups excluding tert-OH is 2. The number of hydrogen-bond acceptors (Lipinski definition) is 4. The van der Waals surface area contributed by atoms with Crippen LogP contribution in [0.2, 0.25) is 0 Å². The molecular formula is C10H22N2O2. The largest absolute Gasteiger partial charge is 0.394 e. The predicted molar refractivity (Wildman–Crippen MR) is 56.2 cm³/mol. The molecule has 4 heteroatoms. The summed E-state index contributed by atoms with van der Waals surface area (Å²) < 4.78 is 0. The van der Waals surface area contributed by atoms with Crippen molar-refractivity contribution < 1.29 is 10.2 Å². The van der Waals surface area contributed by atoms with E-state index in [4.69, 9.17) is 10.2 Å². The predicted octanol–water partition coefficient (Wildman–Crippen LogP) is -0.729. The molecule has 1 saturated heterocycles. The minimum Gasteiger partial charge on any atom is -0.394 e. The molecule has 84 valence electrons. The maximum absolute atomic E-state index is 9.11. The summed E-state index contributed by atoms with van der Waals surface area (Å²) in [5.41, 5.74) is 0. The lowest BCUT2D eigenvalue weighted by atomic mass is 10.1. The van der Waals surface area contributed by atoms with Crippen LogP contribution in [0.15, 0.2) is 0 Å². The lowest BCUT2D eigenvalue weighted by Gasteiger charge is -2.14. The van der Waals surface area contributed by atoms with Crippen molar-refractivity contribution in [3.05, 3.63) is 0 Å². The van der Waals surface area contributed by atoms with Gasteiger partial charge in [0.05, 0.1) is 12.7 Å². The first-order chi connectivity index (χ1) is 6.76. The second-order valence-electron chi connectivity index (χ2n) is 4.04. The van der Waals surface area contributed by atoms with Gasteiger partial charge in [0.25, 0.3) is 0 Å². The molecule has 0 aromatic heterocycles. The minimum atomic E-state index is -0.612. The lowest BCUT2D eigenvalue weighted by molar-refractivity contribution is 0.0936. The van der Waals surface area contributed by atoms with Crippen LogP contribution in [-0.4, -0.2) is 60.5 Å². The second-order valence-corrected chi connectivity index (χ2v) is 4.04. The summed E-state index contributed by atoms with van der Waals surface area (Å²) in [5.74, 6) is 0.709. The van der Waals surface area contributed by atoms with Crippen LogP contribution in [0.1, 0.15) is 13.3 Å². The topological polar surface area (TPSA) is 55.7 Å². The Morgan fingerprint density at radius 1 is 1.57 bits per heavy atom. The van der Waals surface area contributed by atoms with Crippen molar-refractivity contribution in [2.75, 3.05) is 39.3 Å². The average Bonchev–Trinajstić information content (AvgIpc) is 2.65. The highest BCUT2D eigenvalue weighted by atomic mass is 16.3. The van der Waals surface area contributed by atoms with Gasteiger partial charge in [-0.1, -0.05) is 6.92 Å². The van der Waals surface area contributed by atoms with Gasteiger partial charge in [-0.25, -0.2) is 0 Å². The fourth-order valence-corrected chi connectivity index (χ4v) is 1.89. The van der Waals surface area contributed by atoms with E-state index in [1.54, 1.807) is 0 Å². The monoisotopic (exact) mass is 202 g/mol. The number of hydrogen-bond donors (Lipinski definition) is 3. The molecule has 0 spiro atoms. The summed E-state index contributed by atoms with van der Waals surface area (Å²) in [6.45, 7) is 6.98. The molecule has 14 heavy (non-hydrogen) atoms. The van der Waals surface area contributed by atoms with Gasteiger partial charge >= 0.3 is 0 Å². The van der Waals surface area contributed by atoms with Gasteiger partial charge in [-0.05, 0) is 32.0 Å². The van der Waals surface area contributed by atoms with Crippen LogP contribution in [0.5, 0.6) is 0 Å². The number of likely N-dealkylation sites (tertiary alicyclic amines) is 1. The zero-order chi connectivity index (χ0) is 10.4. The van der Waals surface area contributed by atoms with Gasteiger partial charge in [0, 0.05) is 13.1 Å². The van der Waals surface area contributed by atoms with Gasteiger partial charge in [-0.3, -0.25) is 0 Å². The van der Waals surface area contributed by atoms with Crippen molar-refractivity contribution in [1.82, 2.24) is 10.2 Å². The van der Waals surface area contributed by atoms with E-state index in [2.05, 4.69) is 17.1 Å². The fourth-order valence-electron chi connectivity index (χ4n) is 1.89. The van der Waals surface area contributed by atoms with Crippen LogP contribution in [0.25, 0.3) is 0 Å². The van der Waals surface area contributed by atoms with Gasteiger partial charge < -0.3 is 20.4 Å². The number of nitrogens with zero attached hydrogens (tertiary/aromatic N) is 1. The fraction of sp³-hybridized carbons (Fsp3) is 1.00. The Balaban J connectivity index is 2.03. The van der Waals surface area contributed by atoms with Crippen molar-refractivity contribution in [3.63, 3.8) is 0 Å². The molecule has 1 aliphatic heterocycles. The molecule has 0 aromatic carbocycles. The van der Waals surface area contributed by atoms with Gasteiger partial charge in [-0.2, -0.15) is 0 Å². The number of aliphatic hydroxyl groups is 2. The third-order valence-corrected chi connectivity index (χ3v) is 2.84. The molecule has 1 rings (SSSR count). The van der Waals surface area contributed by atoms with Gasteiger partial charge in [0.15, 0.2) is 0 Å². The smallest absolute Gasteiger partial charge is 0.0894 e. The Morgan fingerprint density at radius 3 is 2.93 bits per heavy atom. The summed E-state index contributed by atoms with van der Waals surface area (Å²) in [7, 11) is 0. The molecule has 0 aromatic rings. The van der Waals surface area contributed by atoms with Crippen LogP contribution in [0, 0.1) is 5.92 Å². The van der Waals surface area contributed by atoms with Crippen LogP contribution in [-0.2, 0) is 0 Å². The molecule has 0 aliphatic carbocycles. The molecule has 0 amide bonds. The first-order valence-corrected chi connectivity index (χ1v) is 5.48. The summed E-state index contributed by atoms with van der Waals surface area (Å²) in [4.78, 5) is 2.44. The average molecular weight is 202 g/mol. The molecule has 1 aliphatic rings.